The van der Waals surface area contributed by atoms with Crippen LogP contribution < -0.4 is 20.1 Å². The minimum absolute atomic E-state index is 0.142. The highest BCUT2D eigenvalue weighted by Gasteiger charge is 2.42. The minimum atomic E-state index is -0.760. The molecule has 8 heteroatoms. The second-order valence-electron chi connectivity index (χ2n) is 8.68. The molecular weight excluding hydrogens is 452 g/mol. The van der Waals surface area contributed by atoms with Gasteiger partial charge in [0.15, 0.2) is 0 Å². The first-order valence-corrected chi connectivity index (χ1v) is 12.1. The van der Waals surface area contributed by atoms with Crippen LogP contribution in [0.1, 0.15) is 31.2 Å². The lowest BCUT2D eigenvalue weighted by Crippen LogP contribution is -2.53. The summed E-state index contributed by atoms with van der Waals surface area (Å²) in [4.78, 5) is 26.9. The number of benzene rings is 2. The molecule has 2 aromatic rings. The van der Waals surface area contributed by atoms with Gasteiger partial charge in [0, 0.05) is 43.2 Å². The van der Waals surface area contributed by atoms with Gasteiger partial charge in [0.1, 0.15) is 17.5 Å². The SMILES string of the molecule is COc1cc(NC(=O)[C@H](Cc2ccccc2)NC(=O)C2(CS)CCC(OC)CC2)cc(OC)c1. The molecular formula is C26H34N2O5S. The third kappa shape index (κ3) is 6.45. The number of nitrogens with one attached hydrogen (secondary N) is 2. The van der Waals surface area contributed by atoms with Crippen LogP contribution in [0.25, 0.3) is 0 Å². The molecule has 34 heavy (non-hydrogen) atoms. The molecule has 0 aromatic heterocycles. The van der Waals surface area contributed by atoms with Gasteiger partial charge in [-0.05, 0) is 31.2 Å². The number of rotatable bonds is 10. The minimum Gasteiger partial charge on any atom is -0.497 e. The number of carbonyl (C=O) groups excluding carboxylic acids is 2. The van der Waals surface area contributed by atoms with E-state index >= 15 is 0 Å². The van der Waals surface area contributed by atoms with E-state index in [-0.39, 0.29) is 17.9 Å². The molecule has 1 fully saturated rings. The molecule has 0 aliphatic heterocycles. The van der Waals surface area contributed by atoms with Crippen molar-refractivity contribution in [2.45, 2.75) is 44.2 Å². The molecule has 0 unspecified atom stereocenters. The Hall–Kier alpha value is -2.71. The maximum Gasteiger partial charge on any atom is 0.247 e. The first-order chi connectivity index (χ1) is 16.4. The summed E-state index contributed by atoms with van der Waals surface area (Å²) in [5, 5.41) is 5.95. The molecule has 1 aliphatic carbocycles. The fourth-order valence-corrected chi connectivity index (χ4v) is 4.78. The van der Waals surface area contributed by atoms with Crippen molar-refractivity contribution < 1.29 is 23.8 Å². The van der Waals surface area contributed by atoms with Crippen molar-refractivity contribution in [3.63, 3.8) is 0 Å². The molecule has 0 bridgehead atoms. The zero-order chi connectivity index (χ0) is 24.6. The molecule has 1 aliphatic rings. The lowest BCUT2D eigenvalue weighted by molar-refractivity contribution is -0.136. The van der Waals surface area contributed by atoms with Crippen molar-refractivity contribution in [3.8, 4) is 11.5 Å². The number of carbonyl (C=O) groups is 2. The zero-order valence-electron chi connectivity index (χ0n) is 20.0. The van der Waals surface area contributed by atoms with E-state index in [2.05, 4.69) is 23.3 Å². The Morgan fingerprint density at radius 2 is 1.65 bits per heavy atom. The van der Waals surface area contributed by atoms with Crippen LogP contribution >= 0.6 is 12.6 Å². The molecule has 1 saturated carbocycles. The molecule has 0 radical (unpaired) electrons. The van der Waals surface area contributed by atoms with Crippen molar-refractivity contribution in [3.05, 3.63) is 54.1 Å². The van der Waals surface area contributed by atoms with Gasteiger partial charge < -0.3 is 24.8 Å². The molecule has 7 nitrogen and oxygen atoms in total. The van der Waals surface area contributed by atoms with E-state index in [9.17, 15) is 9.59 Å². The summed E-state index contributed by atoms with van der Waals surface area (Å²) in [6, 6.07) is 14.0. The Morgan fingerprint density at radius 1 is 1.03 bits per heavy atom. The second kappa shape index (κ2) is 12.1. The summed E-state index contributed by atoms with van der Waals surface area (Å²) in [5.74, 6) is 1.08. The molecule has 2 N–H and O–H groups in total. The van der Waals surface area contributed by atoms with E-state index in [1.54, 1.807) is 39.5 Å². The summed E-state index contributed by atoms with van der Waals surface area (Å²) in [5.41, 5.74) is 0.860. The number of anilines is 1. The fraction of sp³-hybridized carbons (Fsp3) is 0.462. The second-order valence-corrected chi connectivity index (χ2v) is 9.00. The van der Waals surface area contributed by atoms with Crippen molar-refractivity contribution >= 4 is 30.1 Å². The average Bonchev–Trinajstić information content (AvgIpc) is 2.88. The van der Waals surface area contributed by atoms with Crippen LogP contribution in [0, 0.1) is 5.41 Å². The molecule has 3 rings (SSSR count). The number of methoxy groups -OCH3 is 3. The van der Waals surface area contributed by atoms with Crippen LogP contribution in [0.5, 0.6) is 11.5 Å². The van der Waals surface area contributed by atoms with Crippen LogP contribution in [0.4, 0.5) is 5.69 Å². The summed E-state index contributed by atoms with van der Waals surface area (Å²) in [7, 11) is 4.80. The number of hydrogen-bond donors (Lipinski definition) is 3. The molecule has 1 atom stereocenters. The molecule has 0 saturated heterocycles. The summed E-state index contributed by atoms with van der Waals surface area (Å²) < 4.78 is 16.1. The monoisotopic (exact) mass is 486 g/mol. The first-order valence-electron chi connectivity index (χ1n) is 11.5. The van der Waals surface area contributed by atoms with Gasteiger partial charge in [-0.2, -0.15) is 12.6 Å². The summed E-state index contributed by atoms with van der Waals surface area (Å²) in [6.45, 7) is 0. The molecule has 0 heterocycles. The summed E-state index contributed by atoms with van der Waals surface area (Å²) in [6.07, 6.45) is 3.46. The van der Waals surface area contributed by atoms with Crippen molar-refractivity contribution in [1.29, 1.82) is 0 Å². The number of ether oxygens (including phenoxy) is 3. The predicted molar refractivity (Wildman–Crippen MR) is 136 cm³/mol. The van der Waals surface area contributed by atoms with Crippen LogP contribution in [0.2, 0.25) is 0 Å². The molecule has 184 valence electrons. The van der Waals surface area contributed by atoms with Crippen LogP contribution in [-0.2, 0) is 20.7 Å². The van der Waals surface area contributed by atoms with Crippen LogP contribution in [0.3, 0.4) is 0 Å². The number of hydrogen-bond acceptors (Lipinski definition) is 6. The molecule has 0 spiro atoms. The van der Waals surface area contributed by atoms with E-state index in [0.29, 0.717) is 42.2 Å². The highest BCUT2D eigenvalue weighted by Crippen LogP contribution is 2.38. The van der Waals surface area contributed by atoms with E-state index in [4.69, 9.17) is 14.2 Å². The van der Waals surface area contributed by atoms with Gasteiger partial charge in [0.2, 0.25) is 11.8 Å². The molecule has 2 aromatic carbocycles. The number of thiol groups is 1. The largest absolute Gasteiger partial charge is 0.497 e. The van der Waals surface area contributed by atoms with Gasteiger partial charge in [-0.25, -0.2) is 0 Å². The highest BCUT2D eigenvalue weighted by molar-refractivity contribution is 7.80. The van der Waals surface area contributed by atoms with Crippen LogP contribution in [-0.4, -0.2) is 51.0 Å². The third-order valence-electron chi connectivity index (χ3n) is 6.53. The number of amides is 2. The topological polar surface area (TPSA) is 85.9 Å². The van der Waals surface area contributed by atoms with E-state index in [1.807, 2.05) is 30.3 Å². The van der Waals surface area contributed by atoms with Gasteiger partial charge in [-0.3, -0.25) is 9.59 Å². The Morgan fingerprint density at radius 3 is 2.18 bits per heavy atom. The predicted octanol–water partition coefficient (Wildman–Crippen LogP) is 3.88. The maximum atomic E-state index is 13.5. The Kier molecular flexibility index (Phi) is 9.24. The third-order valence-corrected chi connectivity index (χ3v) is 7.14. The Bertz CT molecular complexity index is 939. The highest BCUT2D eigenvalue weighted by atomic mass is 32.1. The van der Waals surface area contributed by atoms with Gasteiger partial charge in [-0.1, -0.05) is 30.3 Å². The lowest BCUT2D eigenvalue weighted by atomic mass is 9.73. The standard InChI is InChI=1S/C26H34N2O5S/c1-31-20-9-11-26(17-34,12-10-20)25(30)28-23(13-18-7-5-4-6-8-18)24(29)27-19-14-21(32-2)16-22(15-19)33-3/h4-8,14-16,20,23,34H,9-13,17H2,1-3H3,(H,27,29)(H,28,30)/t20?,23-,26?/m0/s1. The Labute approximate surface area is 207 Å². The zero-order valence-corrected chi connectivity index (χ0v) is 20.9. The lowest BCUT2D eigenvalue weighted by Gasteiger charge is -2.38. The molecule has 2 amide bonds. The van der Waals surface area contributed by atoms with Gasteiger partial charge in [-0.15, -0.1) is 0 Å². The van der Waals surface area contributed by atoms with Crippen molar-refractivity contribution in [1.82, 2.24) is 5.32 Å². The first kappa shape index (κ1) is 25.9. The van der Waals surface area contributed by atoms with E-state index in [0.717, 1.165) is 18.4 Å². The van der Waals surface area contributed by atoms with Gasteiger partial charge >= 0.3 is 0 Å². The smallest absolute Gasteiger partial charge is 0.247 e. The van der Waals surface area contributed by atoms with Crippen molar-refractivity contribution in [2.75, 3.05) is 32.4 Å². The maximum absolute atomic E-state index is 13.5. The van der Waals surface area contributed by atoms with Gasteiger partial charge in [0.05, 0.1) is 25.7 Å². The van der Waals surface area contributed by atoms with E-state index in [1.165, 1.54) is 0 Å². The summed E-state index contributed by atoms with van der Waals surface area (Å²) >= 11 is 4.51. The fourth-order valence-electron chi connectivity index (χ4n) is 4.32. The van der Waals surface area contributed by atoms with Crippen molar-refractivity contribution in [2.24, 2.45) is 5.41 Å². The van der Waals surface area contributed by atoms with Crippen LogP contribution in [0.15, 0.2) is 48.5 Å². The quantitative estimate of drug-likeness (QED) is 0.444. The normalized spacial score (nSPS) is 20.8. The van der Waals surface area contributed by atoms with E-state index < -0.39 is 11.5 Å². The average molecular weight is 487 g/mol. The Balaban J connectivity index is 1.81. The van der Waals surface area contributed by atoms with Gasteiger partial charge in [0.25, 0.3) is 0 Å².